The van der Waals surface area contributed by atoms with Crippen LogP contribution in [0.2, 0.25) is 0 Å². The molecule has 1 N–H and O–H groups in total. The van der Waals surface area contributed by atoms with E-state index in [-0.39, 0.29) is 39.7 Å². The van der Waals surface area contributed by atoms with Crippen molar-refractivity contribution in [2.24, 2.45) is 0 Å². The fraction of sp³-hybridized carbons (Fsp3) is 0.524. The van der Waals surface area contributed by atoms with Crippen molar-refractivity contribution in [3.05, 3.63) is 112 Å². The molecule has 0 aliphatic heterocycles. The number of benzene rings is 2. The fourth-order valence-corrected chi connectivity index (χ4v) is 5.03. The van der Waals surface area contributed by atoms with Gasteiger partial charge in [-0.1, -0.05) is 170 Å². The molecule has 8 nitrogen and oxygen atoms in total. The van der Waals surface area contributed by atoms with Gasteiger partial charge in [0.15, 0.2) is 5.60 Å². The molecule has 0 saturated carbocycles. The summed E-state index contributed by atoms with van der Waals surface area (Å²) in [5, 5.41) is 11.8. The Balaban J connectivity index is -0.000000262. The fourth-order valence-electron chi connectivity index (χ4n) is 5.03. The van der Waals surface area contributed by atoms with Crippen LogP contribution in [-0.4, -0.2) is 11.2 Å². The quantitative estimate of drug-likeness (QED) is 0.0579. The Morgan fingerprint density at radius 3 is 1.40 bits per heavy atom. The second-order valence-corrected chi connectivity index (χ2v) is 10.9. The summed E-state index contributed by atoms with van der Waals surface area (Å²) in [6.07, 6.45) is 20.3. The van der Waals surface area contributed by atoms with Crippen LogP contribution in [-0.2, 0) is 78.4 Å². The zero-order valence-electron chi connectivity index (χ0n) is 30.6. The number of rotatable bonds is 21. The van der Waals surface area contributed by atoms with E-state index >= 15 is 0 Å². The maximum Gasteiger partial charge on any atom is 0 e. The molecule has 1 unspecified atom stereocenters. The molecule has 0 aliphatic carbocycles. The van der Waals surface area contributed by atoms with E-state index < -0.39 is 5.60 Å². The summed E-state index contributed by atoms with van der Waals surface area (Å²) < 4.78 is 51.5. The summed E-state index contributed by atoms with van der Waals surface area (Å²) >= 11 is 0. The van der Waals surface area contributed by atoms with Crippen molar-refractivity contribution in [1.82, 2.24) is 0 Å². The Hall–Kier alpha value is -2.63. The van der Waals surface area contributed by atoms with Crippen molar-refractivity contribution in [1.29, 1.82) is 0 Å². The molecular weight excluding hydrogens is 750 g/mol. The third-order valence-corrected chi connectivity index (χ3v) is 7.43. The molecule has 0 aromatic heterocycles. The van der Waals surface area contributed by atoms with E-state index in [1.165, 1.54) is 82.6 Å². The third-order valence-electron chi connectivity index (χ3n) is 7.43. The van der Waals surface area contributed by atoms with Gasteiger partial charge in [0.2, 0.25) is 0 Å². The Morgan fingerprint density at radius 1 is 0.577 bits per heavy atom. The second-order valence-electron chi connectivity index (χ2n) is 10.9. The molecule has 0 spiro atoms. The van der Waals surface area contributed by atoms with Crippen LogP contribution in [0, 0.1) is 51.7 Å². The molecule has 2 aromatic carbocycles. The molecule has 10 heteroatoms. The summed E-state index contributed by atoms with van der Waals surface area (Å²) in [5.74, 6) is 6.56. The SMILES string of the molecule is CCCCCC#CC(O)(C[C@H](CCCCCCCCCCCCC)OCc1ccccc1)c1ccccc1.[C-]#[O+].[C-]#[O+].[C-]#[O+].[C-]#[O+].[C-]#[O+].[C-]#[O+].[Co].[Co]. The Labute approximate surface area is 334 Å². The second kappa shape index (κ2) is 57.7. The monoisotopic (exact) mass is 804 g/mol. The molecule has 52 heavy (non-hydrogen) atoms. The first kappa shape index (κ1) is 64.3. The molecule has 0 heterocycles. The zero-order chi connectivity index (χ0) is 39.2. The number of hydrogen-bond acceptors (Lipinski definition) is 2. The molecule has 2 aromatic rings. The van der Waals surface area contributed by atoms with E-state index in [0.717, 1.165) is 31.2 Å². The standard InChI is InChI=1S/C36H54O2.6CO.2Co/c1-3-5-7-9-10-11-12-13-14-15-23-29-35(38-32-33-25-19-17-20-26-33)31-36(37,30-24-16-8-6-4-2)34-27-21-18-22-28-34;6*1-2;;/h17-22,25-28,35,37H,3-16,23,29,31-32H2,1-2H3;;;;;;;;/t35-,36?;;;;;;;;/m0......../s1. The average Bonchev–Trinajstić information content (AvgIpc) is 3.21. The smallest absolute Gasteiger partial charge is 0 e. The predicted octanol–water partition coefficient (Wildman–Crippen LogP) is 9.90. The molecule has 0 saturated heterocycles. The van der Waals surface area contributed by atoms with Gasteiger partial charge in [0.25, 0.3) is 0 Å². The minimum atomic E-state index is -1.19. The van der Waals surface area contributed by atoms with Crippen molar-refractivity contribution in [2.45, 2.75) is 141 Å². The van der Waals surface area contributed by atoms with E-state index in [1.807, 2.05) is 36.4 Å². The largest absolute Gasteiger partial charge is 0 e. The maximum absolute atomic E-state index is 11.8. The normalized spacial score (nSPS) is 10.1. The van der Waals surface area contributed by atoms with Crippen molar-refractivity contribution in [2.75, 3.05) is 0 Å². The van der Waals surface area contributed by atoms with Gasteiger partial charge in [-0.05, 0) is 24.0 Å². The van der Waals surface area contributed by atoms with Gasteiger partial charge in [-0.25, -0.2) is 0 Å². The Bertz CT molecular complexity index is 1110. The van der Waals surface area contributed by atoms with Gasteiger partial charge in [0, 0.05) is 46.4 Å². The van der Waals surface area contributed by atoms with Crippen LogP contribution >= 0.6 is 0 Å². The van der Waals surface area contributed by atoms with Crippen molar-refractivity contribution in [3.8, 4) is 11.8 Å². The summed E-state index contributed by atoms with van der Waals surface area (Å²) in [7, 11) is 0. The van der Waals surface area contributed by atoms with Crippen LogP contribution in [0.3, 0.4) is 0 Å². The van der Waals surface area contributed by atoms with Crippen molar-refractivity contribution < 1.29 is 71.3 Å². The number of ether oxygens (including phenoxy) is 1. The van der Waals surface area contributed by atoms with E-state index in [4.69, 9.17) is 32.6 Å². The molecule has 0 aliphatic rings. The molecule has 2 radical (unpaired) electrons. The Kier molecular flexibility index (Phi) is 71.4. The molecule has 2 rings (SSSR count). The van der Waals surface area contributed by atoms with Gasteiger partial charge in [0.1, 0.15) is 0 Å². The van der Waals surface area contributed by atoms with Crippen LogP contribution in [0.5, 0.6) is 0 Å². The van der Waals surface area contributed by atoms with Gasteiger partial charge in [0.05, 0.1) is 12.7 Å². The minimum absolute atomic E-state index is 0. The summed E-state index contributed by atoms with van der Waals surface area (Å²) in [6.45, 7) is 32.1. The number of aliphatic hydroxyl groups is 1. The van der Waals surface area contributed by atoms with Crippen LogP contribution in [0.15, 0.2) is 60.7 Å². The van der Waals surface area contributed by atoms with Gasteiger partial charge < -0.3 is 9.84 Å². The maximum atomic E-state index is 11.8. The van der Waals surface area contributed by atoms with Crippen molar-refractivity contribution >= 4 is 0 Å². The minimum Gasteiger partial charge on any atom is 0 e. The van der Waals surface area contributed by atoms with E-state index in [0.29, 0.717) is 13.0 Å². The molecule has 288 valence electrons. The number of unbranched alkanes of at least 4 members (excludes halogenated alkanes) is 13. The first-order valence-electron chi connectivity index (χ1n) is 16.8. The predicted molar refractivity (Wildman–Crippen MR) is 187 cm³/mol. The summed E-state index contributed by atoms with van der Waals surface area (Å²) in [5.41, 5.74) is 0.854. The van der Waals surface area contributed by atoms with Crippen molar-refractivity contribution in [3.63, 3.8) is 0 Å². The molecule has 0 fully saturated rings. The first-order valence-corrected chi connectivity index (χ1v) is 16.8. The molecule has 0 amide bonds. The van der Waals surface area contributed by atoms with Crippen LogP contribution < -0.4 is 0 Å². The van der Waals surface area contributed by atoms with Gasteiger partial charge in [-0.3, -0.25) is 0 Å². The van der Waals surface area contributed by atoms with E-state index in [1.54, 1.807) is 0 Å². The van der Waals surface area contributed by atoms with Crippen LogP contribution in [0.4, 0.5) is 0 Å². The van der Waals surface area contributed by atoms with E-state index in [9.17, 15) is 5.11 Å². The van der Waals surface area contributed by atoms with Gasteiger partial charge >= 0.3 is 67.8 Å². The number of hydrogen-bond donors (Lipinski definition) is 1. The van der Waals surface area contributed by atoms with Gasteiger partial charge in [-0.2, -0.15) is 0 Å². The summed E-state index contributed by atoms with van der Waals surface area (Å²) in [6, 6.07) is 20.3. The first-order chi connectivity index (χ1) is 24.7. The topological polar surface area (TPSA) is 149 Å². The average molecular weight is 805 g/mol. The molecule has 2 atom stereocenters. The van der Waals surface area contributed by atoms with Crippen LogP contribution in [0.25, 0.3) is 0 Å². The zero-order valence-corrected chi connectivity index (χ0v) is 32.6. The van der Waals surface area contributed by atoms with E-state index in [2.05, 4.69) is 89.9 Å². The third kappa shape index (κ3) is 40.1. The molecule has 0 bridgehead atoms. The Morgan fingerprint density at radius 2 is 0.962 bits per heavy atom. The van der Waals surface area contributed by atoms with Gasteiger partial charge in [-0.15, -0.1) is 0 Å². The van der Waals surface area contributed by atoms with Crippen LogP contribution in [0.1, 0.15) is 134 Å². The molecular formula is C42H54Co2O8. The summed E-state index contributed by atoms with van der Waals surface area (Å²) in [4.78, 5) is 0.